The van der Waals surface area contributed by atoms with Gasteiger partial charge in [0, 0.05) is 25.2 Å². The number of fused-ring (bicyclic) bond motifs is 7. The highest BCUT2D eigenvalue weighted by Gasteiger charge is 2.69. The maximum absolute atomic E-state index is 12.9. The van der Waals surface area contributed by atoms with Crippen LogP contribution < -0.4 is 5.32 Å². The molecule has 0 aromatic heterocycles. The average Bonchev–Trinajstić information content (AvgIpc) is 3.48. The van der Waals surface area contributed by atoms with Crippen LogP contribution in [0.1, 0.15) is 148 Å². The number of carbonyl (C=O) groups is 2. The Kier molecular flexibility index (Phi) is 8.92. The van der Waals surface area contributed by atoms with Gasteiger partial charge in [-0.25, -0.2) is 9.59 Å². The minimum atomic E-state index is -0.860. The van der Waals surface area contributed by atoms with Crippen molar-refractivity contribution < 1.29 is 19.4 Å². The number of allylic oxidation sites excluding steroid dienone is 2. The largest absolute Gasteiger partial charge is 0.478 e. The van der Waals surface area contributed by atoms with E-state index in [9.17, 15) is 14.7 Å². The summed E-state index contributed by atoms with van der Waals surface area (Å²) in [6.07, 6.45) is 17.7. The fourth-order valence-corrected chi connectivity index (χ4v) is 13.8. The molecule has 6 aliphatic rings. The van der Waals surface area contributed by atoms with Crippen LogP contribution in [0.15, 0.2) is 30.3 Å². The van der Waals surface area contributed by atoms with Crippen molar-refractivity contribution in [2.75, 3.05) is 19.6 Å². The van der Waals surface area contributed by atoms with Gasteiger partial charge in [-0.05, 0) is 166 Å². The number of carboxylic acid groups (broad SMARTS) is 1. The molecule has 6 heteroatoms. The van der Waals surface area contributed by atoms with E-state index in [0.29, 0.717) is 34.1 Å². The lowest BCUT2D eigenvalue weighted by Crippen LogP contribution is -2.67. The number of piperidine rings is 1. The van der Waals surface area contributed by atoms with Crippen LogP contribution in [-0.2, 0) is 4.74 Å². The standard InChI is InChI=1S/C44H66N2O4/c1-39(2,3)50-38(49)46-26-10-11-29(28-46)27-45-44-21-9-12-34(44)33-17-18-36-41(6)22-19-32(30-13-15-31(16-14-30)37(47)48)40(4,5)35(41)20-23-43(36,8)42(33,7)24-25-44/h13-16,19,29,33-36,45H,9-12,17-18,20-28H2,1-8H3,(H,47,48)/t29?,33?,34?,35?,36?,41?,42-,43?,44?/m1/s1. The molecule has 1 saturated heterocycles. The van der Waals surface area contributed by atoms with Gasteiger partial charge in [0.25, 0.3) is 0 Å². The summed E-state index contributed by atoms with van der Waals surface area (Å²) < 4.78 is 5.74. The highest BCUT2D eigenvalue weighted by Crippen LogP contribution is 2.76. The van der Waals surface area contributed by atoms with Crippen molar-refractivity contribution >= 4 is 17.6 Å². The summed E-state index contributed by atoms with van der Waals surface area (Å²) in [5.41, 5.74) is 3.74. The molecule has 6 nitrogen and oxygen atoms in total. The van der Waals surface area contributed by atoms with Crippen LogP contribution in [0.25, 0.3) is 5.57 Å². The molecule has 2 N–H and O–H groups in total. The third kappa shape index (κ3) is 5.68. The summed E-state index contributed by atoms with van der Waals surface area (Å²) >= 11 is 0. The van der Waals surface area contributed by atoms with Crippen LogP contribution in [0, 0.1) is 51.2 Å². The number of rotatable bonds is 5. The zero-order valence-electron chi connectivity index (χ0n) is 32.5. The van der Waals surface area contributed by atoms with Gasteiger partial charge in [0.2, 0.25) is 0 Å². The summed E-state index contributed by atoms with van der Waals surface area (Å²) in [5.74, 6) is 2.47. The number of hydrogen-bond acceptors (Lipinski definition) is 4. The molecule has 5 aliphatic carbocycles. The minimum Gasteiger partial charge on any atom is -0.478 e. The Labute approximate surface area is 302 Å². The van der Waals surface area contributed by atoms with Crippen molar-refractivity contribution in [3.8, 4) is 0 Å². The average molecular weight is 687 g/mol. The molecule has 1 aromatic carbocycles. The van der Waals surface area contributed by atoms with Gasteiger partial charge in [0.15, 0.2) is 0 Å². The number of ether oxygens (including phenoxy) is 1. The second-order valence-electron chi connectivity index (χ2n) is 20.1. The van der Waals surface area contributed by atoms with E-state index >= 15 is 0 Å². The molecule has 1 aromatic rings. The number of carbonyl (C=O) groups excluding carboxylic acids is 1. The molecule has 0 radical (unpaired) electrons. The van der Waals surface area contributed by atoms with Gasteiger partial charge < -0.3 is 20.1 Å². The first kappa shape index (κ1) is 36.0. The van der Waals surface area contributed by atoms with Crippen molar-refractivity contribution in [1.82, 2.24) is 10.2 Å². The van der Waals surface area contributed by atoms with Gasteiger partial charge >= 0.3 is 12.1 Å². The molecular formula is C44H66N2O4. The Morgan fingerprint density at radius 2 is 1.60 bits per heavy atom. The third-order valence-corrected chi connectivity index (χ3v) is 16.3. The fourth-order valence-electron chi connectivity index (χ4n) is 13.8. The molecule has 50 heavy (non-hydrogen) atoms. The van der Waals surface area contributed by atoms with Crippen molar-refractivity contribution in [2.24, 2.45) is 51.2 Å². The molecule has 8 unspecified atom stereocenters. The van der Waals surface area contributed by atoms with Crippen molar-refractivity contribution in [3.05, 3.63) is 41.5 Å². The lowest BCUT2D eigenvalue weighted by atomic mass is 9.33. The summed E-state index contributed by atoms with van der Waals surface area (Å²) in [6.45, 7) is 21.6. The van der Waals surface area contributed by atoms with E-state index in [1.165, 1.54) is 75.3 Å². The van der Waals surface area contributed by atoms with Crippen LogP contribution in [0.3, 0.4) is 0 Å². The van der Waals surface area contributed by atoms with Crippen LogP contribution in [0.2, 0.25) is 0 Å². The number of benzene rings is 1. The Bertz CT molecular complexity index is 1510. The second kappa shape index (κ2) is 12.4. The maximum atomic E-state index is 12.9. The van der Waals surface area contributed by atoms with E-state index in [2.05, 4.69) is 46.0 Å². The Hall–Kier alpha value is -2.34. The molecule has 0 spiro atoms. The number of likely N-dealkylation sites (tertiary alicyclic amines) is 1. The van der Waals surface area contributed by atoms with E-state index in [-0.39, 0.29) is 22.5 Å². The molecule has 5 fully saturated rings. The second-order valence-corrected chi connectivity index (χ2v) is 20.1. The van der Waals surface area contributed by atoms with Crippen molar-refractivity contribution in [1.29, 1.82) is 0 Å². The molecule has 1 aliphatic heterocycles. The fraction of sp³-hybridized carbons (Fsp3) is 0.773. The van der Waals surface area contributed by atoms with E-state index in [1.54, 1.807) is 12.1 Å². The zero-order chi connectivity index (χ0) is 35.9. The van der Waals surface area contributed by atoms with Gasteiger partial charge in [0.05, 0.1) is 5.56 Å². The number of amides is 1. The third-order valence-electron chi connectivity index (χ3n) is 16.3. The van der Waals surface area contributed by atoms with Crippen molar-refractivity contribution in [2.45, 2.75) is 144 Å². The van der Waals surface area contributed by atoms with Gasteiger partial charge in [-0.1, -0.05) is 59.2 Å². The molecule has 7 rings (SSSR count). The molecular weight excluding hydrogens is 620 g/mol. The zero-order valence-corrected chi connectivity index (χ0v) is 32.5. The summed E-state index contributed by atoms with van der Waals surface area (Å²) in [4.78, 5) is 26.4. The summed E-state index contributed by atoms with van der Waals surface area (Å²) in [6, 6.07) is 7.62. The Morgan fingerprint density at radius 3 is 2.30 bits per heavy atom. The van der Waals surface area contributed by atoms with E-state index in [1.807, 2.05) is 37.8 Å². The number of nitrogens with one attached hydrogen (secondary N) is 1. The smallest absolute Gasteiger partial charge is 0.410 e. The van der Waals surface area contributed by atoms with E-state index < -0.39 is 11.6 Å². The number of aromatic carboxylic acids is 1. The van der Waals surface area contributed by atoms with Crippen LogP contribution >= 0.6 is 0 Å². The Morgan fingerprint density at radius 1 is 0.860 bits per heavy atom. The molecule has 276 valence electrons. The predicted octanol–water partition coefficient (Wildman–Crippen LogP) is 10.2. The molecule has 1 heterocycles. The monoisotopic (exact) mass is 687 g/mol. The van der Waals surface area contributed by atoms with Gasteiger partial charge in [-0.3, -0.25) is 0 Å². The lowest BCUT2D eigenvalue weighted by Gasteiger charge is -2.72. The van der Waals surface area contributed by atoms with Crippen LogP contribution in [0.4, 0.5) is 4.79 Å². The Balaban J connectivity index is 1.08. The maximum Gasteiger partial charge on any atom is 0.410 e. The highest BCUT2D eigenvalue weighted by molar-refractivity contribution is 5.88. The van der Waals surface area contributed by atoms with Crippen molar-refractivity contribution in [3.63, 3.8) is 0 Å². The number of carboxylic acids is 1. The topological polar surface area (TPSA) is 78.9 Å². The summed E-state index contributed by atoms with van der Waals surface area (Å²) in [7, 11) is 0. The van der Waals surface area contributed by atoms with Gasteiger partial charge in [0.1, 0.15) is 5.60 Å². The van der Waals surface area contributed by atoms with E-state index in [0.717, 1.165) is 44.3 Å². The van der Waals surface area contributed by atoms with Gasteiger partial charge in [-0.2, -0.15) is 0 Å². The lowest BCUT2D eigenvalue weighted by molar-refractivity contribution is -0.217. The quantitative estimate of drug-likeness (QED) is 0.322. The molecule has 9 atom stereocenters. The molecule has 0 bridgehead atoms. The highest BCUT2D eigenvalue weighted by atomic mass is 16.6. The molecule has 1 amide bonds. The predicted molar refractivity (Wildman–Crippen MR) is 201 cm³/mol. The first-order valence-electron chi connectivity index (χ1n) is 20.2. The SMILES string of the molecule is CC(C)(C)OC(=O)N1CCCC(CNC23CCCC2C2CCC4C5(C)CC=C(c6ccc(C(=O)O)cc6)C(C)(C)C5CCC4(C)[C@]2(C)CC3)C1. The normalized spacial score (nSPS) is 40.8. The summed E-state index contributed by atoms with van der Waals surface area (Å²) in [5, 5.41) is 13.8. The first-order valence-corrected chi connectivity index (χ1v) is 20.2. The number of hydrogen-bond donors (Lipinski definition) is 2. The molecule has 4 saturated carbocycles. The number of nitrogens with zero attached hydrogens (tertiary/aromatic N) is 1. The van der Waals surface area contributed by atoms with Gasteiger partial charge in [-0.15, -0.1) is 0 Å². The van der Waals surface area contributed by atoms with Crippen LogP contribution in [0.5, 0.6) is 0 Å². The van der Waals surface area contributed by atoms with E-state index in [4.69, 9.17) is 4.74 Å². The first-order chi connectivity index (χ1) is 23.4. The minimum absolute atomic E-state index is 0.0338. The van der Waals surface area contributed by atoms with Crippen LogP contribution in [-0.4, -0.2) is 52.8 Å².